The van der Waals surface area contributed by atoms with Crippen molar-refractivity contribution in [1.82, 2.24) is 0 Å². The Kier molecular flexibility index (Phi) is 8.41. The largest absolute Gasteiger partial charge is 0.468 e. The summed E-state index contributed by atoms with van der Waals surface area (Å²) in [5.74, 6) is -1.78. The van der Waals surface area contributed by atoms with Gasteiger partial charge in [-0.2, -0.15) is 5.26 Å². The predicted octanol–water partition coefficient (Wildman–Crippen LogP) is 5.50. The first-order valence-electron chi connectivity index (χ1n) is 12.0. The Labute approximate surface area is 222 Å². The molecule has 1 heterocycles. The van der Waals surface area contributed by atoms with Gasteiger partial charge in [0.25, 0.3) is 0 Å². The average molecular weight is 501 g/mol. The zero-order chi connectivity index (χ0) is 26.9. The number of hydrogen-bond acceptors (Lipinski definition) is 4. The minimum atomic E-state index is -1.14. The van der Waals surface area contributed by atoms with Gasteiger partial charge >= 0.3 is 5.97 Å². The molecule has 6 heteroatoms. The molecule has 186 valence electrons. The molecule has 0 amide bonds. The van der Waals surface area contributed by atoms with Gasteiger partial charge in [-0.15, -0.1) is 0 Å². The smallest absolute Gasteiger partial charge is 0.327 e. The molecule has 0 saturated carbocycles. The maximum Gasteiger partial charge on any atom is 0.327 e. The summed E-state index contributed by atoms with van der Waals surface area (Å²) in [6, 6.07) is 28.7. The number of nitriles is 1. The van der Waals surface area contributed by atoms with Crippen LogP contribution in [0.15, 0.2) is 97.3 Å². The van der Waals surface area contributed by atoms with Crippen LogP contribution in [-0.2, 0) is 16.1 Å². The van der Waals surface area contributed by atoms with Crippen LogP contribution in [0.4, 0.5) is 0 Å². The van der Waals surface area contributed by atoms with Gasteiger partial charge in [0.2, 0.25) is 0 Å². The lowest BCUT2D eigenvalue weighted by Crippen LogP contribution is -2.34. The molecule has 1 aromatic heterocycles. The van der Waals surface area contributed by atoms with Crippen LogP contribution in [0.25, 0.3) is 38.9 Å². The summed E-state index contributed by atoms with van der Waals surface area (Å²) >= 11 is 0. The fraction of sp³-hybridized carbons (Fsp3) is 0.125. The summed E-state index contributed by atoms with van der Waals surface area (Å²) in [6.07, 6.45) is 5.52. The molecule has 4 aromatic rings. The number of methoxy groups -OCH3 is 1. The van der Waals surface area contributed by atoms with Crippen molar-refractivity contribution in [3.63, 3.8) is 0 Å². The van der Waals surface area contributed by atoms with E-state index in [4.69, 9.17) is 11.3 Å². The van der Waals surface area contributed by atoms with Crippen molar-refractivity contribution in [2.45, 2.75) is 12.5 Å². The number of aliphatic hydroxyl groups excluding tert-OH is 1. The Hall–Kier alpha value is -5.04. The van der Waals surface area contributed by atoms with Crippen molar-refractivity contribution >= 4 is 17.7 Å². The molecule has 0 aliphatic rings. The van der Waals surface area contributed by atoms with E-state index >= 15 is 0 Å². The van der Waals surface area contributed by atoms with Crippen molar-refractivity contribution in [3.05, 3.63) is 125 Å². The number of esters is 1. The van der Waals surface area contributed by atoms with Crippen LogP contribution in [0.2, 0.25) is 0 Å². The lowest BCUT2D eigenvalue weighted by atomic mass is 9.84. The normalized spacial score (nSPS) is 11.7. The number of benzene rings is 3. The molecule has 0 aliphatic heterocycles. The topological polar surface area (TPSA) is 78.6 Å². The van der Waals surface area contributed by atoms with Gasteiger partial charge in [-0.1, -0.05) is 66.7 Å². The van der Waals surface area contributed by atoms with Gasteiger partial charge < -0.3 is 9.84 Å². The molecule has 1 atom stereocenters. The van der Waals surface area contributed by atoms with Crippen molar-refractivity contribution in [3.8, 4) is 28.3 Å². The van der Waals surface area contributed by atoms with Gasteiger partial charge in [-0.05, 0) is 51.1 Å². The number of carbonyl (C=O) groups is 1. The second-order valence-electron chi connectivity index (χ2n) is 8.54. The van der Waals surface area contributed by atoms with E-state index in [2.05, 4.69) is 10.9 Å². The molecule has 0 spiro atoms. The van der Waals surface area contributed by atoms with Gasteiger partial charge in [-0.25, -0.2) is 9.41 Å². The number of carbonyl (C=O) groups excluding carboxylic acids is 1. The summed E-state index contributed by atoms with van der Waals surface area (Å²) in [5, 5.41) is 19.2. The third kappa shape index (κ3) is 5.68. The van der Waals surface area contributed by atoms with E-state index in [1.807, 2.05) is 108 Å². The van der Waals surface area contributed by atoms with E-state index in [1.54, 1.807) is 0 Å². The fourth-order valence-corrected chi connectivity index (χ4v) is 4.32. The minimum Gasteiger partial charge on any atom is -0.468 e. The summed E-state index contributed by atoms with van der Waals surface area (Å²) in [7, 11) is 1.27. The molecular weight excluding hydrogens is 474 g/mol. The van der Waals surface area contributed by atoms with Gasteiger partial charge in [0.05, 0.1) is 19.8 Å². The molecule has 6 nitrogen and oxygen atoms in total. The lowest BCUT2D eigenvalue weighted by Gasteiger charge is -2.19. The van der Waals surface area contributed by atoms with Crippen LogP contribution >= 0.6 is 0 Å². The number of pyridine rings is 1. The molecular formula is C32H26N3O3+. The van der Waals surface area contributed by atoms with Gasteiger partial charge in [0, 0.05) is 12.1 Å². The summed E-state index contributed by atoms with van der Waals surface area (Å²) in [5.41, 5.74) is 5.54. The van der Waals surface area contributed by atoms with Crippen LogP contribution in [0.3, 0.4) is 0 Å². The van der Waals surface area contributed by atoms with E-state index in [9.17, 15) is 15.2 Å². The number of nitrogens with zero attached hydrogens (tertiary/aromatic N) is 3. The molecule has 1 unspecified atom stereocenters. The SMILES string of the molecule is [C-]#[N+]C(=Cc1cc[n+](CCO)cc1)c1cc(-c2ccccc2)c(C(C#N)C(=O)OC)cc1-c1ccccc1. The molecule has 38 heavy (non-hydrogen) atoms. The van der Waals surface area contributed by atoms with Crippen molar-refractivity contribution in [2.24, 2.45) is 0 Å². The first kappa shape index (κ1) is 26.0. The van der Waals surface area contributed by atoms with Gasteiger partial charge in [0.1, 0.15) is 6.61 Å². The number of aliphatic hydroxyl groups is 1. The Morgan fingerprint density at radius 2 is 1.63 bits per heavy atom. The maximum absolute atomic E-state index is 12.6. The van der Waals surface area contributed by atoms with Crippen LogP contribution in [0.1, 0.15) is 22.6 Å². The van der Waals surface area contributed by atoms with Gasteiger partial charge in [0.15, 0.2) is 30.6 Å². The molecule has 4 rings (SSSR count). The van der Waals surface area contributed by atoms with E-state index in [1.165, 1.54) is 7.11 Å². The van der Waals surface area contributed by atoms with Crippen molar-refractivity contribution in [1.29, 1.82) is 5.26 Å². The van der Waals surface area contributed by atoms with Crippen molar-refractivity contribution in [2.75, 3.05) is 13.7 Å². The molecule has 1 N–H and O–H groups in total. The van der Waals surface area contributed by atoms with Crippen molar-refractivity contribution < 1.29 is 19.2 Å². The molecule has 0 radical (unpaired) electrons. The highest BCUT2D eigenvalue weighted by Gasteiger charge is 2.27. The van der Waals surface area contributed by atoms with E-state index in [-0.39, 0.29) is 6.61 Å². The zero-order valence-electron chi connectivity index (χ0n) is 20.9. The second kappa shape index (κ2) is 12.3. The summed E-state index contributed by atoms with van der Waals surface area (Å²) < 4.78 is 6.82. The molecule has 0 saturated heterocycles. The molecule has 0 bridgehead atoms. The highest BCUT2D eigenvalue weighted by atomic mass is 16.5. The van der Waals surface area contributed by atoms with Crippen LogP contribution in [0, 0.1) is 17.9 Å². The van der Waals surface area contributed by atoms with Crippen LogP contribution in [-0.4, -0.2) is 24.8 Å². The number of rotatable bonds is 8. The molecule has 3 aromatic carbocycles. The quantitative estimate of drug-likeness (QED) is 0.197. The van der Waals surface area contributed by atoms with E-state index in [0.717, 1.165) is 22.3 Å². The fourth-order valence-electron chi connectivity index (χ4n) is 4.32. The monoisotopic (exact) mass is 500 g/mol. The highest BCUT2D eigenvalue weighted by molar-refractivity contribution is 5.96. The average Bonchev–Trinajstić information content (AvgIpc) is 2.98. The Bertz CT molecular complexity index is 1530. The van der Waals surface area contributed by atoms with Crippen LogP contribution in [0.5, 0.6) is 0 Å². The highest BCUT2D eigenvalue weighted by Crippen LogP contribution is 2.40. The lowest BCUT2D eigenvalue weighted by molar-refractivity contribution is -0.698. The van der Waals surface area contributed by atoms with Crippen LogP contribution < -0.4 is 4.57 Å². The third-order valence-electron chi connectivity index (χ3n) is 6.21. The predicted molar refractivity (Wildman–Crippen MR) is 146 cm³/mol. The maximum atomic E-state index is 12.6. The molecule has 0 aliphatic carbocycles. The number of hydrogen-bond donors (Lipinski definition) is 1. The number of ether oxygens (including phenoxy) is 1. The minimum absolute atomic E-state index is 0.0392. The van der Waals surface area contributed by atoms with E-state index < -0.39 is 11.9 Å². The summed E-state index contributed by atoms with van der Waals surface area (Å²) in [6.45, 7) is 8.58. The third-order valence-corrected chi connectivity index (χ3v) is 6.21. The first-order valence-corrected chi connectivity index (χ1v) is 12.0. The number of aromatic nitrogens is 1. The Morgan fingerprint density at radius 1 is 1.03 bits per heavy atom. The Balaban J connectivity index is 2.00. The van der Waals surface area contributed by atoms with E-state index in [0.29, 0.717) is 28.9 Å². The standard InChI is InChI=1S/C32H26N3O3/c1-34-31(19-23-13-15-35(16-14-23)17-18-36)29-21-26(24-9-5-3-6-10-24)28(30(22-33)32(37)38-2)20-27(29)25-11-7-4-8-12-25/h3-16,19-21,30,36H,17-18H2,2H3/q+1. The second-order valence-corrected chi connectivity index (χ2v) is 8.54. The molecule has 0 fully saturated rings. The summed E-state index contributed by atoms with van der Waals surface area (Å²) in [4.78, 5) is 16.5. The zero-order valence-corrected chi connectivity index (χ0v) is 20.9. The van der Waals surface area contributed by atoms with Gasteiger partial charge in [-0.3, -0.25) is 4.79 Å². The Morgan fingerprint density at radius 3 is 2.16 bits per heavy atom. The first-order chi connectivity index (χ1) is 18.6.